The molecule has 112 valence electrons. The van der Waals surface area contributed by atoms with Crippen molar-refractivity contribution in [1.82, 2.24) is 10.6 Å². The van der Waals surface area contributed by atoms with Crippen LogP contribution in [0.1, 0.15) is 18.6 Å². The Morgan fingerprint density at radius 1 is 1.45 bits per heavy atom. The number of carbonyl (C=O) groups excluding carboxylic acids is 1. The maximum Gasteiger partial charge on any atom is 0.314 e. The molecule has 0 heterocycles. The summed E-state index contributed by atoms with van der Waals surface area (Å²) in [5.41, 5.74) is 0.365. The summed E-state index contributed by atoms with van der Waals surface area (Å²) in [4.78, 5) is 11.5. The summed E-state index contributed by atoms with van der Waals surface area (Å²) in [5, 5.41) is 15.4. The van der Waals surface area contributed by atoms with Gasteiger partial charge in [0.05, 0.1) is 11.1 Å². The van der Waals surface area contributed by atoms with Crippen molar-refractivity contribution < 1.29 is 14.3 Å². The normalized spacial score (nSPS) is 13.7. The maximum absolute atomic E-state index is 13.2. The molecule has 7 heteroatoms. The van der Waals surface area contributed by atoms with Crippen LogP contribution in [-0.4, -0.2) is 35.7 Å². The first kappa shape index (κ1) is 17.1. The number of benzene rings is 1. The monoisotopic (exact) mass is 320 g/mol. The third-order valence-corrected chi connectivity index (χ3v) is 4.01. The van der Waals surface area contributed by atoms with Crippen LogP contribution in [0.15, 0.2) is 18.2 Å². The van der Waals surface area contributed by atoms with E-state index in [0.717, 1.165) is 6.07 Å². The van der Waals surface area contributed by atoms with Crippen LogP contribution < -0.4 is 10.6 Å². The second kappa shape index (κ2) is 8.34. The van der Waals surface area contributed by atoms with Crippen molar-refractivity contribution in [3.05, 3.63) is 34.6 Å². The predicted molar refractivity (Wildman–Crippen MR) is 80.7 cm³/mol. The Morgan fingerprint density at radius 2 is 2.10 bits per heavy atom. The van der Waals surface area contributed by atoms with Crippen molar-refractivity contribution >= 4 is 29.4 Å². The number of rotatable bonds is 6. The van der Waals surface area contributed by atoms with Gasteiger partial charge in [-0.25, -0.2) is 9.18 Å². The van der Waals surface area contributed by atoms with Crippen LogP contribution >= 0.6 is 23.4 Å². The van der Waals surface area contributed by atoms with Gasteiger partial charge in [-0.3, -0.25) is 0 Å². The van der Waals surface area contributed by atoms with Gasteiger partial charge < -0.3 is 15.7 Å². The van der Waals surface area contributed by atoms with E-state index in [2.05, 4.69) is 10.6 Å². The van der Waals surface area contributed by atoms with E-state index in [0.29, 0.717) is 17.4 Å². The van der Waals surface area contributed by atoms with Crippen molar-refractivity contribution in [2.24, 2.45) is 0 Å². The second-order valence-corrected chi connectivity index (χ2v) is 6.01. The summed E-state index contributed by atoms with van der Waals surface area (Å²) < 4.78 is 13.2. The minimum Gasteiger partial charge on any atom is -0.387 e. The van der Waals surface area contributed by atoms with Gasteiger partial charge in [0.25, 0.3) is 0 Å². The van der Waals surface area contributed by atoms with Crippen LogP contribution in [-0.2, 0) is 0 Å². The molecule has 2 amide bonds. The first-order chi connectivity index (χ1) is 9.43. The van der Waals surface area contributed by atoms with Gasteiger partial charge >= 0.3 is 6.03 Å². The minimum atomic E-state index is -0.981. The van der Waals surface area contributed by atoms with Gasteiger partial charge in [-0.2, -0.15) is 11.8 Å². The quantitative estimate of drug-likeness (QED) is 0.755. The van der Waals surface area contributed by atoms with Crippen LogP contribution in [0, 0.1) is 5.82 Å². The smallest absolute Gasteiger partial charge is 0.314 e. The van der Waals surface area contributed by atoms with E-state index in [1.54, 1.807) is 11.8 Å². The third-order valence-electron chi connectivity index (χ3n) is 2.74. The van der Waals surface area contributed by atoms with Gasteiger partial charge in [0.15, 0.2) is 0 Å². The molecule has 1 aromatic carbocycles. The molecule has 0 radical (unpaired) electrons. The highest BCUT2D eigenvalue weighted by atomic mass is 35.5. The van der Waals surface area contributed by atoms with E-state index >= 15 is 0 Å². The number of aliphatic hydroxyl groups excluding tert-OH is 1. The largest absolute Gasteiger partial charge is 0.387 e. The summed E-state index contributed by atoms with van der Waals surface area (Å²) in [5.74, 6) is -0.596. The Balaban J connectivity index is 2.40. The van der Waals surface area contributed by atoms with E-state index in [4.69, 9.17) is 11.6 Å². The molecule has 0 saturated carbocycles. The van der Waals surface area contributed by atoms with Gasteiger partial charge in [0.1, 0.15) is 5.82 Å². The van der Waals surface area contributed by atoms with Crippen LogP contribution in [0.3, 0.4) is 0 Å². The van der Waals surface area contributed by atoms with E-state index in [9.17, 15) is 14.3 Å². The number of nitrogens with one attached hydrogen (secondary N) is 2. The zero-order chi connectivity index (χ0) is 15.1. The Bertz CT molecular complexity index is 462. The fourth-order valence-corrected chi connectivity index (χ4v) is 1.78. The van der Waals surface area contributed by atoms with Crippen LogP contribution in [0.5, 0.6) is 0 Å². The topological polar surface area (TPSA) is 61.4 Å². The Hall–Kier alpha value is -0.980. The second-order valence-electron chi connectivity index (χ2n) is 4.33. The molecule has 0 aliphatic heterocycles. The van der Waals surface area contributed by atoms with Crippen molar-refractivity contribution in [3.8, 4) is 0 Å². The third kappa shape index (κ3) is 5.56. The van der Waals surface area contributed by atoms with Gasteiger partial charge in [0.2, 0.25) is 0 Å². The number of thioether (sulfide) groups is 1. The summed E-state index contributed by atoms with van der Waals surface area (Å²) in [6.45, 7) is 2.54. The summed E-state index contributed by atoms with van der Waals surface area (Å²) in [6.07, 6.45) is 0.980. The molecule has 3 N–H and O–H groups in total. The summed E-state index contributed by atoms with van der Waals surface area (Å²) >= 11 is 7.20. The van der Waals surface area contributed by atoms with Gasteiger partial charge in [0, 0.05) is 18.3 Å². The number of aliphatic hydroxyl groups is 1. The Morgan fingerprint density at radius 3 is 2.70 bits per heavy atom. The zero-order valence-corrected chi connectivity index (χ0v) is 12.9. The number of carbonyl (C=O) groups is 1. The lowest BCUT2D eigenvalue weighted by atomic mass is 10.1. The average molecular weight is 321 g/mol. The molecular weight excluding hydrogens is 303 g/mol. The fourth-order valence-electron chi connectivity index (χ4n) is 1.41. The molecule has 0 unspecified atom stereocenters. The zero-order valence-electron chi connectivity index (χ0n) is 11.3. The molecule has 1 rings (SSSR count). The number of amides is 2. The molecule has 0 fully saturated rings. The van der Waals surface area contributed by atoms with Crippen molar-refractivity contribution in [2.45, 2.75) is 18.3 Å². The number of hydrogen-bond acceptors (Lipinski definition) is 3. The molecule has 0 saturated heterocycles. The predicted octanol–water partition coefficient (Wildman–Crippen LogP) is 2.56. The fraction of sp³-hybridized carbons (Fsp3) is 0.462. The van der Waals surface area contributed by atoms with Gasteiger partial charge in [-0.05, 0) is 24.0 Å². The molecule has 1 aromatic rings. The first-order valence-corrected chi connectivity index (χ1v) is 7.78. The highest BCUT2D eigenvalue weighted by Gasteiger charge is 2.12. The van der Waals surface area contributed by atoms with E-state index in [-0.39, 0.29) is 17.6 Å². The molecule has 0 spiro atoms. The SMILES string of the molecule is CS[C@@H](C)CNC(=O)NC[C@H](O)c1ccc(Cl)c(F)c1. The lowest BCUT2D eigenvalue weighted by Gasteiger charge is -2.14. The molecule has 0 aromatic heterocycles. The van der Waals surface area contributed by atoms with Crippen molar-refractivity contribution in [1.29, 1.82) is 0 Å². The molecule has 0 bridgehead atoms. The van der Waals surface area contributed by atoms with E-state index in [1.165, 1.54) is 12.1 Å². The van der Waals surface area contributed by atoms with E-state index < -0.39 is 11.9 Å². The summed E-state index contributed by atoms with van der Waals surface area (Å²) in [7, 11) is 0. The van der Waals surface area contributed by atoms with Gasteiger partial charge in [-0.15, -0.1) is 0 Å². The van der Waals surface area contributed by atoms with Crippen molar-refractivity contribution in [2.75, 3.05) is 19.3 Å². The first-order valence-electron chi connectivity index (χ1n) is 6.11. The minimum absolute atomic E-state index is 0.000550. The van der Waals surface area contributed by atoms with Crippen LogP contribution in [0.4, 0.5) is 9.18 Å². The summed E-state index contributed by atoms with van der Waals surface area (Å²) in [6, 6.07) is 3.68. The van der Waals surface area contributed by atoms with Crippen molar-refractivity contribution in [3.63, 3.8) is 0 Å². The molecule has 20 heavy (non-hydrogen) atoms. The average Bonchev–Trinajstić information content (AvgIpc) is 2.44. The molecule has 0 aliphatic rings. The molecule has 0 aliphatic carbocycles. The molecule has 4 nitrogen and oxygen atoms in total. The number of urea groups is 1. The standard InChI is InChI=1S/C13H18ClFN2O2S/c1-8(20-2)6-16-13(19)17-7-12(18)9-3-4-10(14)11(15)5-9/h3-5,8,12,18H,6-7H2,1-2H3,(H2,16,17,19)/t8-,12-/m0/s1. The van der Waals surface area contributed by atoms with Crippen LogP contribution in [0.2, 0.25) is 5.02 Å². The number of halogens is 2. The molecule has 2 atom stereocenters. The van der Waals surface area contributed by atoms with E-state index in [1.807, 2.05) is 13.2 Å². The highest BCUT2D eigenvalue weighted by molar-refractivity contribution is 7.99. The van der Waals surface area contributed by atoms with Gasteiger partial charge in [-0.1, -0.05) is 24.6 Å². The van der Waals surface area contributed by atoms with Crippen LogP contribution in [0.25, 0.3) is 0 Å². The number of hydrogen-bond donors (Lipinski definition) is 3. The Kier molecular flexibility index (Phi) is 7.12. The lowest BCUT2D eigenvalue weighted by Crippen LogP contribution is -2.40. The maximum atomic E-state index is 13.2. The molecular formula is C13H18ClFN2O2S. The highest BCUT2D eigenvalue weighted by Crippen LogP contribution is 2.19. The Labute approximate surface area is 127 Å². The lowest BCUT2D eigenvalue weighted by molar-refractivity contribution is 0.173.